The fraction of sp³-hybridized carbons (Fsp3) is 0.688. The molecule has 0 bridgehead atoms. The Kier molecular flexibility index (Phi) is 10.2. The molecular formula is C16H30IN5O2S2. The molecule has 1 aliphatic rings. The molecule has 0 atom stereocenters. The largest absolute Gasteiger partial charge is 0.360 e. The van der Waals surface area contributed by atoms with E-state index >= 15 is 0 Å². The molecule has 1 aromatic rings. The first-order valence-electron chi connectivity index (χ1n) is 8.65. The molecule has 0 saturated carbocycles. The van der Waals surface area contributed by atoms with E-state index in [2.05, 4.69) is 37.6 Å². The molecule has 0 unspecified atom stereocenters. The van der Waals surface area contributed by atoms with Crippen molar-refractivity contribution in [2.45, 2.75) is 13.3 Å². The average Bonchev–Trinajstić information content (AvgIpc) is 3.12. The van der Waals surface area contributed by atoms with Gasteiger partial charge in [-0.2, -0.15) is 0 Å². The van der Waals surface area contributed by atoms with E-state index < -0.39 is 10.0 Å². The summed E-state index contributed by atoms with van der Waals surface area (Å²) in [4.78, 5) is 9.03. The van der Waals surface area contributed by atoms with Crippen LogP contribution >= 0.6 is 35.3 Å². The third kappa shape index (κ3) is 6.86. The summed E-state index contributed by atoms with van der Waals surface area (Å²) in [5.41, 5.74) is 0. The van der Waals surface area contributed by atoms with E-state index in [-0.39, 0.29) is 24.0 Å². The average molecular weight is 515 g/mol. The molecule has 0 aromatic carbocycles. The number of anilines is 1. The minimum Gasteiger partial charge on any atom is -0.360 e. The zero-order valence-electron chi connectivity index (χ0n) is 15.7. The molecule has 1 aliphatic heterocycles. The topological polar surface area (TPSA) is 68.2 Å². The molecule has 0 radical (unpaired) electrons. The SMILES string of the molecule is CCN(CCCNC(=NC)N1CCN(c2cccs2)CC1)S(C)(=O)=O.I. The van der Waals surface area contributed by atoms with Gasteiger partial charge in [0.2, 0.25) is 10.0 Å². The highest BCUT2D eigenvalue weighted by Crippen LogP contribution is 2.22. The summed E-state index contributed by atoms with van der Waals surface area (Å²) >= 11 is 1.78. The number of hydrogen-bond acceptors (Lipinski definition) is 5. The predicted octanol–water partition coefficient (Wildman–Crippen LogP) is 1.74. The highest BCUT2D eigenvalue weighted by Gasteiger charge is 2.20. The standard InChI is InChI=1S/C16H29N5O2S2.HI/c1-4-21(25(3,22)23)9-6-8-18-16(17-2)20-12-10-19(11-13-20)15-7-5-14-24-15;/h5,7,14H,4,6,8-13H2,1-3H3,(H,17,18);1H. The molecule has 26 heavy (non-hydrogen) atoms. The second kappa shape index (κ2) is 11.3. The lowest BCUT2D eigenvalue weighted by atomic mass is 10.3. The van der Waals surface area contributed by atoms with Crippen LogP contribution in [0.2, 0.25) is 0 Å². The van der Waals surface area contributed by atoms with Crippen molar-refractivity contribution in [2.75, 3.05) is 64.0 Å². The van der Waals surface area contributed by atoms with Gasteiger partial charge in [-0.15, -0.1) is 35.3 Å². The Morgan fingerprint density at radius 1 is 1.35 bits per heavy atom. The van der Waals surface area contributed by atoms with Crippen LogP contribution in [0.25, 0.3) is 0 Å². The van der Waals surface area contributed by atoms with Gasteiger partial charge < -0.3 is 15.1 Å². The lowest BCUT2D eigenvalue weighted by Crippen LogP contribution is -2.52. The van der Waals surface area contributed by atoms with Gasteiger partial charge in [0.15, 0.2) is 5.96 Å². The van der Waals surface area contributed by atoms with E-state index in [1.807, 2.05) is 6.92 Å². The molecule has 150 valence electrons. The summed E-state index contributed by atoms with van der Waals surface area (Å²) in [6.45, 7) is 7.45. The molecule has 7 nitrogen and oxygen atoms in total. The first-order valence-corrected chi connectivity index (χ1v) is 11.4. The fourth-order valence-corrected chi connectivity index (χ4v) is 4.65. The van der Waals surface area contributed by atoms with E-state index in [0.29, 0.717) is 19.6 Å². The lowest BCUT2D eigenvalue weighted by Gasteiger charge is -2.37. The van der Waals surface area contributed by atoms with Gasteiger partial charge in [-0.3, -0.25) is 4.99 Å². The number of thiophene rings is 1. The van der Waals surface area contributed by atoms with Crippen LogP contribution in [0.5, 0.6) is 0 Å². The maximum Gasteiger partial charge on any atom is 0.211 e. The number of guanidine groups is 1. The number of aliphatic imine (C=N–C) groups is 1. The predicted molar refractivity (Wildman–Crippen MR) is 122 cm³/mol. The summed E-state index contributed by atoms with van der Waals surface area (Å²) in [6, 6.07) is 4.25. The molecule has 10 heteroatoms. The van der Waals surface area contributed by atoms with Gasteiger partial charge in [-0.1, -0.05) is 6.92 Å². The van der Waals surface area contributed by atoms with Gasteiger partial charge in [-0.25, -0.2) is 12.7 Å². The fourth-order valence-electron chi connectivity index (χ4n) is 2.93. The van der Waals surface area contributed by atoms with Crippen molar-refractivity contribution in [1.29, 1.82) is 0 Å². The van der Waals surface area contributed by atoms with E-state index in [1.165, 1.54) is 15.6 Å². The van der Waals surface area contributed by atoms with Gasteiger partial charge in [0.05, 0.1) is 11.3 Å². The molecule has 0 amide bonds. The quantitative estimate of drug-likeness (QED) is 0.259. The molecule has 0 spiro atoms. The Labute approximate surface area is 178 Å². The summed E-state index contributed by atoms with van der Waals surface area (Å²) in [5, 5.41) is 6.79. The Hall–Kier alpha value is -0.590. The highest BCUT2D eigenvalue weighted by molar-refractivity contribution is 14.0. The number of sulfonamides is 1. The molecule has 2 heterocycles. The van der Waals surface area contributed by atoms with Crippen molar-refractivity contribution in [2.24, 2.45) is 4.99 Å². The minimum atomic E-state index is -3.11. The highest BCUT2D eigenvalue weighted by atomic mass is 127. The normalized spacial score (nSPS) is 15.9. The second-order valence-corrected chi connectivity index (χ2v) is 8.92. The molecular weight excluding hydrogens is 485 g/mol. The van der Waals surface area contributed by atoms with Crippen LogP contribution in [0.15, 0.2) is 22.5 Å². The Bertz CT molecular complexity index is 644. The maximum atomic E-state index is 11.6. The van der Waals surface area contributed by atoms with Crippen molar-refractivity contribution in [3.8, 4) is 0 Å². The molecule has 1 N–H and O–H groups in total. The Morgan fingerprint density at radius 3 is 2.54 bits per heavy atom. The second-order valence-electron chi connectivity index (χ2n) is 6.01. The minimum absolute atomic E-state index is 0. The van der Waals surface area contributed by atoms with Crippen LogP contribution in [0.1, 0.15) is 13.3 Å². The van der Waals surface area contributed by atoms with Gasteiger partial charge in [0.1, 0.15) is 0 Å². The van der Waals surface area contributed by atoms with Crippen molar-refractivity contribution >= 4 is 56.3 Å². The summed E-state index contributed by atoms with van der Waals surface area (Å²) in [6.07, 6.45) is 2.02. The number of nitrogens with one attached hydrogen (secondary N) is 1. The number of hydrogen-bond donors (Lipinski definition) is 1. The van der Waals surface area contributed by atoms with Crippen molar-refractivity contribution in [1.82, 2.24) is 14.5 Å². The number of rotatable bonds is 7. The van der Waals surface area contributed by atoms with E-state index in [4.69, 9.17) is 0 Å². The molecule has 1 aromatic heterocycles. The van der Waals surface area contributed by atoms with Crippen LogP contribution in [0.3, 0.4) is 0 Å². The van der Waals surface area contributed by atoms with Crippen molar-refractivity contribution in [3.63, 3.8) is 0 Å². The number of nitrogens with zero attached hydrogens (tertiary/aromatic N) is 4. The van der Waals surface area contributed by atoms with Crippen LogP contribution in [-0.4, -0.2) is 82.7 Å². The third-order valence-corrected chi connectivity index (χ3v) is 6.61. The molecule has 1 saturated heterocycles. The smallest absolute Gasteiger partial charge is 0.211 e. The van der Waals surface area contributed by atoms with Gasteiger partial charge in [-0.05, 0) is 23.9 Å². The molecule has 0 aliphatic carbocycles. The Morgan fingerprint density at radius 2 is 2.04 bits per heavy atom. The maximum absolute atomic E-state index is 11.6. The van der Waals surface area contributed by atoms with Crippen LogP contribution in [0, 0.1) is 0 Å². The van der Waals surface area contributed by atoms with E-state index in [0.717, 1.165) is 38.6 Å². The molecule has 2 rings (SSSR count). The summed E-state index contributed by atoms with van der Waals surface area (Å²) in [5.74, 6) is 0.897. The van der Waals surface area contributed by atoms with Gasteiger partial charge >= 0.3 is 0 Å². The monoisotopic (exact) mass is 515 g/mol. The Balaban J connectivity index is 0.00000338. The van der Waals surface area contributed by atoms with Gasteiger partial charge in [0, 0.05) is 52.9 Å². The number of piperazine rings is 1. The lowest BCUT2D eigenvalue weighted by molar-refractivity contribution is 0.370. The van der Waals surface area contributed by atoms with Crippen molar-refractivity contribution in [3.05, 3.63) is 17.5 Å². The van der Waals surface area contributed by atoms with E-state index in [1.54, 1.807) is 18.4 Å². The molecule has 1 fully saturated rings. The van der Waals surface area contributed by atoms with Crippen molar-refractivity contribution < 1.29 is 8.42 Å². The first kappa shape index (κ1) is 23.4. The number of halogens is 1. The van der Waals surface area contributed by atoms with Crippen LogP contribution in [-0.2, 0) is 10.0 Å². The summed E-state index contributed by atoms with van der Waals surface area (Å²) in [7, 11) is -1.31. The zero-order chi connectivity index (χ0) is 18.3. The first-order chi connectivity index (χ1) is 12.0. The van der Waals surface area contributed by atoms with Crippen LogP contribution in [0.4, 0.5) is 5.00 Å². The van der Waals surface area contributed by atoms with E-state index in [9.17, 15) is 8.42 Å². The zero-order valence-corrected chi connectivity index (χ0v) is 19.7. The van der Waals surface area contributed by atoms with Gasteiger partial charge in [0.25, 0.3) is 0 Å². The summed E-state index contributed by atoms with van der Waals surface area (Å²) < 4.78 is 24.7. The van der Waals surface area contributed by atoms with Crippen LogP contribution < -0.4 is 10.2 Å². The third-order valence-electron chi connectivity index (χ3n) is 4.30.